The molecule has 0 aromatic heterocycles. The van der Waals surface area contributed by atoms with Crippen molar-refractivity contribution < 1.29 is 14.4 Å². The number of ether oxygens (including phenoxy) is 2. The van der Waals surface area contributed by atoms with Gasteiger partial charge in [-0.1, -0.05) is 12.1 Å². The highest BCUT2D eigenvalue weighted by molar-refractivity contribution is 5.51. The van der Waals surface area contributed by atoms with Gasteiger partial charge in [-0.3, -0.25) is 10.1 Å². The molecule has 1 aromatic rings. The number of nitrogens with zero attached hydrogens (tertiary/aromatic N) is 1. The number of hydrogen-bond donors (Lipinski definition) is 1. The van der Waals surface area contributed by atoms with Crippen molar-refractivity contribution in [1.82, 2.24) is 0 Å². The molecule has 94 valence electrons. The first-order chi connectivity index (χ1) is 8.16. The number of nitro benzene ring substituents is 1. The zero-order valence-corrected chi connectivity index (χ0v) is 9.72. The maximum absolute atomic E-state index is 10.9. The van der Waals surface area contributed by atoms with Crippen LogP contribution in [0.1, 0.15) is 5.56 Å². The van der Waals surface area contributed by atoms with Gasteiger partial charge in [-0.15, -0.1) is 0 Å². The van der Waals surface area contributed by atoms with E-state index in [1.807, 2.05) is 0 Å². The maximum atomic E-state index is 10.9. The van der Waals surface area contributed by atoms with Crippen molar-refractivity contribution in [3.63, 3.8) is 0 Å². The van der Waals surface area contributed by atoms with Crippen LogP contribution in [-0.4, -0.2) is 31.3 Å². The van der Waals surface area contributed by atoms with Gasteiger partial charge in [0.2, 0.25) is 0 Å². The Balaban J connectivity index is 2.58. The Kier molecular flexibility index (Phi) is 5.38. The van der Waals surface area contributed by atoms with Crippen molar-refractivity contribution in [2.45, 2.75) is 6.92 Å². The summed E-state index contributed by atoms with van der Waals surface area (Å²) in [6, 6.07) is 4.97. The summed E-state index contributed by atoms with van der Waals surface area (Å²) in [5.74, 6) is 0.270. The monoisotopic (exact) mass is 240 g/mol. The van der Waals surface area contributed by atoms with Gasteiger partial charge in [-0.05, 0) is 13.0 Å². The number of aryl methyl sites for hydroxylation is 1. The molecule has 0 unspecified atom stereocenters. The summed E-state index contributed by atoms with van der Waals surface area (Å²) in [6.07, 6.45) is 0. The molecule has 0 atom stereocenters. The second-order valence-corrected chi connectivity index (χ2v) is 3.43. The Bertz CT molecular complexity index is 382. The number of para-hydroxylation sites is 1. The normalized spacial score (nSPS) is 10.2. The molecule has 1 rings (SSSR count). The highest BCUT2D eigenvalue weighted by atomic mass is 16.6. The van der Waals surface area contributed by atoms with Crippen LogP contribution in [0, 0.1) is 17.0 Å². The molecule has 0 radical (unpaired) electrons. The van der Waals surface area contributed by atoms with Crippen LogP contribution >= 0.6 is 0 Å². The molecule has 0 aliphatic rings. The largest absolute Gasteiger partial charge is 0.484 e. The maximum Gasteiger partial charge on any atom is 0.313 e. The molecular weight excluding hydrogens is 224 g/mol. The number of rotatable bonds is 7. The van der Waals surface area contributed by atoms with E-state index in [9.17, 15) is 10.1 Å². The van der Waals surface area contributed by atoms with E-state index in [4.69, 9.17) is 15.2 Å². The second-order valence-electron chi connectivity index (χ2n) is 3.43. The van der Waals surface area contributed by atoms with Crippen LogP contribution in [0.5, 0.6) is 5.75 Å². The van der Waals surface area contributed by atoms with E-state index in [0.717, 1.165) is 0 Å². The van der Waals surface area contributed by atoms with Crippen LogP contribution in [0.2, 0.25) is 0 Å². The topological polar surface area (TPSA) is 87.6 Å². The first-order valence-electron chi connectivity index (χ1n) is 5.31. The molecule has 6 nitrogen and oxygen atoms in total. The molecule has 0 heterocycles. The summed E-state index contributed by atoms with van der Waals surface area (Å²) in [4.78, 5) is 10.4. The molecule has 0 fully saturated rings. The van der Waals surface area contributed by atoms with E-state index in [-0.39, 0.29) is 18.0 Å². The number of nitrogens with two attached hydrogens (primary N) is 1. The minimum Gasteiger partial charge on any atom is -0.484 e. The first-order valence-corrected chi connectivity index (χ1v) is 5.31. The lowest BCUT2D eigenvalue weighted by Gasteiger charge is -2.08. The quantitative estimate of drug-likeness (QED) is 0.440. The summed E-state index contributed by atoms with van der Waals surface area (Å²) in [7, 11) is 0. The third kappa shape index (κ3) is 4.01. The molecule has 6 heteroatoms. The summed E-state index contributed by atoms with van der Waals surface area (Å²) in [6.45, 7) is 3.21. The third-order valence-corrected chi connectivity index (χ3v) is 2.13. The highest BCUT2D eigenvalue weighted by Gasteiger charge is 2.17. The van der Waals surface area contributed by atoms with Gasteiger partial charge in [0.1, 0.15) is 6.61 Å². The van der Waals surface area contributed by atoms with Crippen LogP contribution in [0.25, 0.3) is 0 Å². The lowest BCUT2D eigenvalue weighted by Crippen LogP contribution is -2.13. The molecule has 0 spiro atoms. The second kappa shape index (κ2) is 6.82. The van der Waals surface area contributed by atoms with E-state index < -0.39 is 4.92 Å². The van der Waals surface area contributed by atoms with Gasteiger partial charge < -0.3 is 15.2 Å². The van der Waals surface area contributed by atoms with E-state index in [1.54, 1.807) is 25.1 Å². The van der Waals surface area contributed by atoms with Gasteiger partial charge >= 0.3 is 5.69 Å². The van der Waals surface area contributed by atoms with Crippen LogP contribution in [0.15, 0.2) is 18.2 Å². The molecule has 0 aliphatic heterocycles. The molecular formula is C11H16N2O4. The summed E-state index contributed by atoms with van der Waals surface area (Å²) >= 11 is 0. The predicted octanol–water partition coefficient (Wildman–Crippen LogP) is 1.26. The summed E-state index contributed by atoms with van der Waals surface area (Å²) in [5, 5.41) is 10.9. The smallest absolute Gasteiger partial charge is 0.313 e. The van der Waals surface area contributed by atoms with Crippen LogP contribution in [0.4, 0.5) is 5.69 Å². The van der Waals surface area contributed by atoms with Gasteiger partial charge in [-0.2, -0.15) is 0 Å². The van der Waals surface area contributed by atoms with E-state index >= 15 is 0 Å². The Labute approximate surface area is 99.5 Å². The fourth-order valence-corrected chi connectivity index (χ4v) is 1.38. The van der Waals surface area contributed by atoms with E-state index in [1.165, 1.54) is 0 Å². The Morgan fingerprint density at radius 2 is 2.12 bits per heavy atom. The van der Waals surface area contributed by atoms with Gasteiger partial charge in [0.05, 0.1) is 18.1 Å². The van der Waals surface area contributed by atoms with Crippen molar-refractivity contribution in [2.24, 2.45) is 5.73 Å². The number of benzene rings is 1. The molecule has 0 bridgehead atoms. The van der Waals surface area contributed by atoms with Gasteiger partial charge in [0, 0.05) is 12.1 Å². The Morgan fingerprint density at radius 3 is 2.76 bits per heavy atom. The number of nitro groups is 1. The fourth-order valence-electron chi connectivity index (χ4n) is 1.38. The zero-order valence-electron chi connectivity index (χ0n) is 9.72. The average Bonchev–Trinajstić information content (AvgIpc) is 2.28. The lowest BCUT2D eigenvalue weighted by molar-refractivity contribution is -0.386. The first kappa shape index (κ1) is 13.4. The minimum atomic E-state index is -0.439. The van der Waals surface area contributed by atoms with Gasteiger partial charge in [-0.25, -0.2) is 0 Å². The molecule has 0 saturated heterocycles. The minimum absolute atomic E-state index is 0.00586. The SMILES string of the molecule is Cc1cccc(OCCOCCN)c1[N+](=O)[O-]. The molecule has 0 aliphatic carbocycles. The standard InChI is InChI=1S/C11H16N2O4/c1-9-3-2-4-10(11(9)13(14)15)17-8-7-16-6-5-12/h2-4H,5-8,12H2,1H3. The summed E-state index contributed by atoms with van der Waals surface area (Å²) < 4.78 is 10.4. The number of hydrogen-bond acceptors (Lipinski definition) is 5. The summed E-state index contributed by atoms with van der Waals surface area (Å²) in [5.41, 5.74) is 5.84. The zero-order chi connectivity index (χ0) is 12.7. The average molecular weight is 240 g/mol. The van der Waals surface area contributed by atoms with Crippen LogP contribution in [-0.2, 0) is 4.74 Å². The van der Waals surface area contributed by atoms with Gasteiger partial charge in [0.15, 0.2) is 5.75 Å². The molecule has 0 amide bonds. The van der Waals surface area contributed by atoms with Crippen LogP contribution < -0.4 is 10.5 Å². The van der Waals surface area contributed by atoms with Crippen molar-refractivity contribution >= 4 is 5.69 Å². The predicted molar refractivity (Wildman–Crippen MR) is 63.2 cm³/mol. The van der Waals surface area contributed by atoms with Crippen molar-refractivity contribution in [2.75, 3.05) is 26.4 Å². The van der Waals surface area contributed by atoms with Crippen LogP contribution in [0.3, 0.4) is 0 Å². The fraction of sp³-hybridized carbons (Fsp3) is 0.455. The van der Waals surface area contributed by atoms with Crippen molar-refractivity contribution in [3.8, 4) is 5.75 Å². The molecule has 2 N–H and O–H groups in total. The van der Waals surface area contributed by atoms with Crippen molar-refractivity contribution in [1.29, 1.82) is 0 Å². The lowest BCUT2D eigenvalue weighted by atomic mass is 10.2. The van der Waals surface area contributed by atoms with Gasteiger partial charge in [0.25, 0.3) is 0 Å². The Morgan fingerprint density at radius 1 is 1.35 bits per heavy atom. The third-order valence-electron chi connectivity index (χ3n) is 2.13. The highest BCUT2D eigenvalue weighted by Crippen LogP contribution is 2.29. The van der Waals surface area contributed by atoms with Crippen molar-refractivity contribution in [3.05, 3.63) is 33.9 Å². The molecule has 1 aromatic carbocycles. The Hall–Kier alpha value is -1.66. The molecule has 17 heavy (non-hydrogen) atoms. The van der Waals surface area contributed by atoms with E-state index in [0.29, 0.717) is 25.3 Å². The molecule has 0 saturated carbocycles. The van der Waals surface area contributed by atoms with E-state index in [2.05, 4.69) is 0 Å².